The normalized spacial score (nSPS) is 11.9. The Balaban J connectivity index is 2.09. The maximum absolute atomic E-state index is 14.2. The van der Waals surface area contributed by atoms with Crippen LogP contribution in [0.5, 0.6) is 11.5 Å². The molecule has 42 heavy (non-hydrogen) atoms. The Hall–Kier alpha value is -3.76. The van der Waals surface area contributed by atoms with Gasteiger partial charge in [-0.15, -0.1) is 0 Å². The molecule has 1 N–H and O–H groups in total. The number of ether oxygens (including phenoxy) is 2. The van der Waals surface area contributed by atoms with E-state index in [9.17, 15) is 18.0 Å². The van der Waals surface area contributed by atoms with Crippen LogP contribution in [0.3, 0.4) is 0 Å². The number of aryl methyl sites for hydroxylation is 2. The second-order valence-corrected chi connectivity index (χ2v) is 12.3. The molecule has 0 spiro atoms. The summed E-state index contributed by atoms with van der Waals surface area (Å²) in [6.07, 6.45) is 0.730. The van der Waals surface area contributed by atoms with Gasteiger partial charge >= 0.3 is 0 Å². The predicted octanol–water partition coefficient (Wildman–Crippen LogP) is 5.11. The largest absolute Gasteiger partial charge is 0.493 e. The van der Waals surface area contributed by atoms with Crippen molar-refractivity contribution in [2.75, 3.05) is 31.6 Å². The van der Waals surface area contributed by atoms with E-state index in [-0.39, 0.29) is 23.1 Å². The molecular formula is C31H38ClN3O6S. The first-order chi connectivity index (χ1) is 19.9. The van der Waals surface area contributed by atoms with Crippen molar-refractivity contribution < 1.29 is 27.5 Å². The highest BCUT2D eigenvalue weighted by molar-refractivity contribution is 7.92. The van der Waals surface area contributed by atoms with E-state index < -0.39 is 28.5 Å². The van der Waals surface area contributed by atoms with Gasteiger partial charge in [-0.2, -0.15) is 0 Å². The van der Waals surface area contributed by atoms with Crippen molar-refractivity contribution in [3.8, 4) is 11.5 Å². The molecular weight excluding hydrogens is 578 g/mol. The van der Waals surface area contributed by atoms with Crippen LogP contribution in [0.1, 0.15) is 37.0 Å². The highest BCUT2D eigenvalue weighted by atomic mass is 35.5. The summed E-state index contributed by atoms with van der Waals surface area (Å²) in [6, 6.07) is 15.7. The molecule has 1 unspecified atom stereocenters. The Kier molecular flexibility index (Phi) is 11.2. The highest BCUT2D eigenvalue weighted by Crippen LogP contribution is 2.33. The van der Waals surface area contributed by atoms with Gasteiger partial charge in [0.05, 0.1) is 24.8 Å². The number of halogens is 1. The van der Waals surface area contributed by atoms with Crippen LogP contribution in [0, 0.1) is 13.8 Å². The number of anilines is 1. The van der Waals surface area contributed by atoms with Crippen molar-refractivity contribution in [2.24, 2.45) is 0 Å². The molecule has 0 aliphatic heterocycles. The van der Waals surface area contributed by atoms with Crippen molar-refractivity contribution in [3.63, 3.8) is 0 Å². The molecule has 0 saturated heterocycles. The van der Waals surface area contributed by atoms with Crippen LogP contribution in [0.4, 0.5) is 5.69 Å². The quantitative estimate of drug-likeness (QED) is 0.286. The third-order valence-corrected chi connectivity index (χ3v) is 8.72. The molecule has 2 amide bonds. The molecule has 0 aromatic heterocycles. The fraction of sp³-hybridized carbons (Fsp3) is 0.355. The van der Waals surface area contributed by atoms with Gasteiger partial charge in [-0.3, -0.25) is 13.9 Å². The highest BCUT2D eigenvalue weighted by Gasteiger charge is 2.33. The molecule has 0 aliphatic carbocycles. The molecule has 11 heteroatoms. The fourth-order valence-corrected chi connectivity index (χ4v) is 6.03. The van der Waals surface area contributed by atoms with Gasteiger partial charge in [-0.1, -0.05) is 36.7 Å². The number of nitrogens with one attached hydrogen (secondary N) is 1. The van der Waals surface area contributed by atoms with Crippen molar-refractivity contribution >= 4 is 39.1 Å². The van der Waals surface area contributed by atoms with E-state index in [1.54, 1.807) is 43.3 Å². The van der Waals surface area contributed by atoms with Gasteiger partial charge in [0.15, 0.2) is 11.5 Å². The fourth-order valence-electron chi connectivity index (χ4n) is 4.49. The lowest BCUT2D eigenvalue weighted by Gasteiger charge is -2.32. The molecule has 0 heterocycles. The number of nitrogens with zero attached hydrogens (tertiary/aromatic N) is 2. The summed E-state index contributed by atoms with van der Waals surface area (Å²) in [4.78, 5) is 28.4. The smallest absolute Gasteiger partial charge is 0.264 e. The van der Waals surface area contributed by atoms with E-state index >= 15 is 0 Å². The minimum Gasteiger partial charge on any atom is -0.493 e. The molecule has 3 aromatic carbocycles. The number of hydrogen-bond donors (Lipinski definition) is 1. The zero-order valence-corrected chi connectivity index (χ0v) is 26.4. The SMILES string of the molecule is CCCNC(=O)C(C)N(Cc1ccc(Cl)cc1)C(=O)CN(c1cc(C)cc(C)c1)S(=O)(=O)c1ccc(OC)c(OC)c1. The summed E-state index contributed by atoms with van der Waals surface area (Å²) < 4.78 is 40.1. The van der Waals surface area contributed by atoms with Crippen LogP contribution in [0.25, 0.3) is 0 Å². The summed E-state index contributed by atoms with van der Waals surface area (Å²) in [5.41, 5.74) is 2.72. The van der Waals surface area contributed by atoms with Gasteiger partial charge in [-0.25, -0.2) is 8.42 Å². The molecule has 9 nitrogen and oxygen atoms in total. The molecule has 3 rings (SSSR count). The Morgan fingerprint density at radius 1 is 0.929 bits per heavy atom. The third-order valence-electron chi connectivity index (χ3n) is 6.70. The Labute approximate surface area is 253 Å². The van der Waals surface area contributed by atoms with E-state index in [1.165, 1.54) is 37.3 Å². The van der Waals surface area contributed by atoms with Crippen LogP contribution in [0.15, 0.2) is 65.6 Å². The number of carbonyl (C=O) groups excluding carboxylic acids is 2. The summed E-state index contributed by atoms with van der Waals surface area (Å²) in [7, 11) is -1.41. The van der Waals surface area contributed by atoms with Gasteiger partial charge in [0.2, 0.25) is 11.8 Å². The minimum atomic E-state index is -4.28. The van der Waals surface area contributed by atoms with E-state index in [0.29, 0.717) is 23.0 Å². The van der Waals surface area contributed by atoms with E-state index in [1.807, 2.05) is 26.8 Å². The summed E-state index contributed by atoms with van der Waals surface area (Å²) in [5.74, 6) is -0.283. The zero-order chi connectivity index (χ0) is 31.0. The summed E-state index contributed by atoms with van der Waals surface area (Å²) in [6.45, 7) is 7.25. The molecule has 0 fully saturated rings. The molecule has 0 aliphatic rings. The van der Waals surface area contributed by atoms with Gasteiger partial charge in [0, 0.05) is 24.2 Å². The van der Waals surface area contributed by atoms with Gasteiger partial charge < -0.3 is 19.7 Å². The van der Waals surface area contributed by atoms with Crippen LogP contribution in [-0.2, 0) is 26.2 Å². The lowest BCUT2D eigenvalue weighted by atomic mass is 10.1. The average molecular weight is 616 g/mol. The first-order valence-electron chi connectivity index (χ1n) is 13.6. The second kappa shape index (κ2) is 14.4. The first kappa shape index (κ1) is 32.8. The van der Waals surface area contributed by atoms with E-state index in [2.05, 4.69) is 5.32 Å². The van der Waals surface area contributed by atoms with Crippen molar-refractivity contribution in [1.29, 1.82) is 0 Å². The minimum absolute atomic E-state index is 0.0772. The Bertz CT molecular complexity index is 1490. The third kappa shape index (κ3) is 7.95. The predicted molar refractivity (Wildman–Crippen MR) is 165 cm³/mol. The van der Waals surface area contributed by atoms with Crippen LogP contribution < -0.4 is 19.1 Å². The Morgan fingerprint density at radius 3 is 2.12 bits per heavy atom. The van der Waals surface area contributed by atoms with Gasteiger partial charge in [0.1, 0.15) is 12.6 Å². The topological polar surface area (TPSA) is 105 Å². The van der Waals surface area contributed by atoms with Crippen molar-refractivity contribution in [2.45, 2.75) is 51.6 Å². The Morgan fingerprint density at radius 2 is 1.55 bits per heavy atom. The van der Waals surface area contributed by atoms with E-state index in [4.69, 9.17) is 21.1 Å². The average Bonchev–Trinajstić information content (AvgIpc) is 2.96. The molecule has 226 valence electrons. The molecule has 3 aromatic rings. The van der Waals surface area contributed by atoms with Crippen molar-refractivity contribution in [3.05, 3.63) is 82.4 Å². The number of hydrogen-bond acceptors (Lipinski definition) is 6. The zero-order valence-electron chi connectivity index (χ0n) is 24.8. The van der Waals surface area contributed by atoms with Gasteiger partial charge in [0.25, 0.3) is 10.0 Å². The number of sulfonamides is 1. The molecule has 0 bridgehead atoms. The lowest BCUT2D eigenvalue weighted by molar-refractivity contribution is -0.139. The summed E-state index contributed by atoms with van der Waals surface area (Å²) in [5, 5.41) is 3.36. The second-order valence-electron chi connectivity index (χ2n) is 9.99. The maximum atomic E-state index is 14.2. The first-order valence-corrected chi connectivity index (χ1v) is 15.4. The summed E-state index contributed by atoms with van der Waals surface area (Å²) >= 11 is 6.06. The standard InChI is InChI=1S/C31H38ClN3O6S/c1-7-14-33-31(37)23(4)34(19-24-8-10-25(32)11-9-24)30(36)20-35(26-16-21(2)15-22(3)17-26)42(38,39)27-12-13-28(40-5)29(18-27)41-6/h8-13,15-18,23H,7,14,19-20H2,1-6H3,(H,33,37). The number of rotatable bonds is 13. The van der Waals surface area contributed by atoms with Gasteiger partial charge in [-0.05, 0) is 80.3 Å². The maximum Gasteiger partial charge on any atom is 0.264 e. The number of methoxy groups -OCH3 is 2. The number of carbonyl (C=O) groups is 2. The van der Waals surface area contributed by atoms with Crippen LogP contribution >= 0.6 is 11.6 Å². The van der Waals surface area contributed by atoms with E-state index in [0.717, 1.165) is 27.4 Å². The van der Waals surface area contributed by atoms with Crippen molar-refractivity contribution in [1.82, 2.24) is 10.2 Å². The number of benzene rings is 3. The van der Waals surface area contributed by atoms with Crippen LogP contribution in [0.2, 0.25) is 5.02 Å². The number of amides is 2. The molecule has 0 saturated carbocycles. The van der Waals surface area contributed by atoms with Crippen LogP contribution in [-0.4, -0.2) is 58.5 Å². The molecule has 1 atom stereocenters. The lowest BCUT2D eigenvalue weighted by Crippen LogP contribution is -2.51. The monoisotopic (exact) mass is 615 g/mol. The molecule has 0 radical (unpaired) electrons.